The molecule has 0 bridgehead atoms. The molecule has 0 aliphatic carbocycles. The minimum atomic E-state index is -0.954. The Morgan fingerprint density at radius 2 is 1.71 bits per heavy atom. The van der Waals surface area contributed by atoms with E-state index < -0.39 is 17.7 Å². The first kappa shape index (κ1) is 25.8. The Morgan fingerprint density at radius 3 is 2.37 bits per heavy atom. The Balaban J connectivity index is 1.58. The van der Waals surface area contributed by atoms with Gasteiger partial charge in [0, 0.05) is 5.69 Å². The Hall–Kier alpha value is -3.85. The molecule has 182 valence electrons. The number of nitrogens with one attached hydrogen (secondary N) is 2. The van der Waals surface area contributed by atoms with Crippen LogP contribution in [-0.4, -0.2) is 32.2 Å². The van der Waals surface area contributed by atoms with Crippen molar-refractivity contribution in [2.24, 2.45) is 11.0 Å². The third-order valence-corrected chi connectivity index (χ3v) is 5.60. The minimum Gasteiger partial charge on any atom is -0.497 e. The second-order valence-electron chi connectivity index (χ2n) is 7.48. The number of hydrogen-bond donors (Lipinski definition) is 2. The highest BCUT2D eigenvalue weighted by Gasteiger charge is 2.21. The summed E-state index contributed by atoms with van der Waals surface area (Å²) in [6, 6.07) is 20.1. The molecule has 0 aromatic heterocycles. The van der Waals surface area contributed by atoms with Crippen molar-refractivity contribution in [2.45, 2.75) is 13.5 Å². The van der Waals surface area contributed by atoms with Crippen LogP contribution < -0.4 is 25.0 Å². The quantitative estimate of drug-likeness (QED) is 0.219. The number of amides is 2. The number of methoxy groups -OCH3 is 2. The molecule has 0 radical (unpaired) electrons. The number of carbonyl (C=O) groups excluding carboxylic acids is 2. The van der Waals surface area contributed by atoms with E-state index in [0.717, 1.165) is 5.56 Å². The van der Waals surface area contributed by atoms with Gasteiger partial charge in [0.15, 0.2) is 11.5 Å². The highest BCUT2D eigenvalue weighted by molar-refractivity contribution is 9.10. The van der Waals surface area contributed by atoms with Crippen LogP contribution in [0.4, 0.5) is 5.69 Å². The van der Waals surface area contributed by atoms with Gasteiger partial charge in [0.2, 0.25) is 5.91 Å². The Bertz CT molecular complexity index is 1180. The largest absolute Gasteiger partial charge is 0.497 e. The predicted molar refractivity (Wildman–Crippen MR) is 138 cm³/mol. The van der Waals surface area contributed by atoms with Gasteiger partial charge in [-0.2, -0.15) is 5.10 Å². The Kier molecular flexibility index (Phi) is 9.25. The summed E-state index contributed by atoms with van der Waals surface area (Å²) in [5.74, 6) is -0.212. The molecule has 9 heteroatoms. The van der Waals surface area contributed by atoms with Crippen LogP contribution in [0.3, 0.4) is 0 Å². The van der Waals surface area contributed by atoms with E-state index in [1.807, 2.05) is 30.3 Å². The number of rotatable bonds is 10. The van der Waals surface area contributed by atoms with Crippen molar-refractivity contribution in [2.75, 3.05) is 19.5 Å². The number of carbonyl (C=O) groups is 2. The van der Waals surface area contributed by atoms with E-state index in [2.05, 4.69) is 31.8 Å². The lowest BCUT2D eigenvalue weighted by molar-refractivity contribution is -0.131. The monoisotopic (exact) mass is 539 g/mol. The van der Waals surface area contributed by atoms with Crippen molar-refractivity contribution in [3.05, 3.63) is 82.3 Å². The maximum atomic E-state index is 12.4. The molecule has 1 unspecified atom stereocenters. The van der Waals surface area contributed by atoms with Gasteiger partial charge >= 0.3 is 0 Å². The van der Waals surface area contributed by atoms with Crippen molar-refractivity contribution in [3.8, 4) is 17.2 Å². The third-order valence-electron chi connectivity index (χ3n) is 5.01. The van der Waals surface area contributed by atoms with Gasteiger partial charge in [-0.05, 0) is 70.4 Å². The zero-order valence-corrected chi connectivity index (χ0v) is 21.2. The van der Waals surface area contributed by atoms with Crippen LogP contribution in [0.2, 0.25) is 0 Å². The van der Waals surface area contributed by atoms with Crippen molar-refractivity contribution >= 4 is 39.6 Å². The standard InChI is InChI=1S/C26H26BrN3O5/c1-17(25(31)29-20-9-11-21(33-2)12-10-20)26(32)30-28-15-19-13-22(27)24(23(14-19)34-3)35-16-18-7-5-4-6-8-18/h4-15,17H,16H2,1-3H3,(H,29,31)(H,30,32). The first-order valence-electron chi connectivity index (χ1n) is 10.7. The van der Waals surface area contributed by atoms with Crippen LogP contribution in [0.25, 0.3) is 0 Å². The highest BCUT2D eigenvalue weighted by Crippen LogP contribution is 2.36. The summed E-state index contributed by atoms with van der Waals surface area (Å²) in [7, 11) is 3.10. The molecule has 0 saturated carbocycles. The van der Waals surface area contributed by atoms with Crippen LogP contribution >= 0.6 is 15.9 Å². The van der Waals surface area contributed by atoms with Crippen LogP contribution in [0.5, 0.6) is 17.2 Å². The van der Waals surface area contributed by atoms with Crippen molar-refractivity contribution in [3.63, 3.8) is 0 Å². The maximum Gasteiger partial charge on any atom is 0.252 e. The summed E-state index contributed by atoms with van der Waals surface area (Å²) in [5.41, 5.74) is 4.65. The van der Waals surface area contributed by atoms with Gasteiger partial charge in [-0.1, -0.05) is 30.3 Å². The average Bonchev–Trinajstić information content (AvgIpc) is 2.88. The molecule has 0 saturated heterocycles. The molecule has 3 aromatic rings. The predicted octanol–water partition coefficient (Wildman–Crippen LogP) is 4.77. The summed E-state index contributed by atoms with van der Waals surface area (Å²) in [4.78, 5) is 24.7. The first-order chi connectivity index (χ1) is 16.9. The van der Waals surface area contributed by atoms with Gasteiger partial charge in [-0.3, -0.25) is 9.59 Å². The molecule has 35 heavy (non-hydrogen) atoms. The lowest BCUT2D eigenvalue weighted by Crippen LogP contribution is -2.34. The van der Waals surface area contributed by atoms with Crippen LogP contribution in [0.15, 0.2) is 76.3 Å². The lowest BCUT2D eigenvalue weighted by Gasteiger charge is -2.13. The first-order valence-corrected chi connectivity index (χ1v) is 11.5. The smallest absolute Gasteiger partial charge is 0.252 e. The number of nitrogens with zero attached hydrogens (tertiary/aromatic N) is 1. The number of halogens is 1. The van der Waals surface area contributed by atoms with Gasteiger partial charge in [0.25, 0.3) is 5.91 Å². The molecular weight excluding hydrogens is 514 g/mol. The topological polar surface area (TPSA) is 98.2 Å². The van der Waals surface area contributed by atoms with E-state index in [4.69, 9.17) is 14.2 Å². The Morgan fingerprint density at radius 1 is 1.00 bits per heavy atom. The minimum absolute atomic E-state index is 0.385. The molecule has 8 nitrogen and oxygen atoms in total. The van der Waals surface area contributed by atoms with Gasteiger partial charge in [-0.15, -0.1) is 0 Å². The van der Waals surface area contributed by atoms with Crippen molar-refractivity contribution in [1.82, 2.24) is 5.43 Å². The number of anilines is 1. The van der Waals surface area contributed by atoms with E-state index in [1.165, 1.54) is 13.1 Å². The van der Waals surface area contributed by atoms with E-state index in [1.54, 1.807) is 50.6 Å². The number of benzene rings is 3. The molecule has 3 aromatic carbocycles. The molecule has 3 rings (SSSR count). The lowest BCUT2D eigenvalue weighted by atomic mass is 10.1. The fourth-order valence-corrected chi connectivity index (χ4v) is 3.57. The van der Waals surface area contributed by atoms with E-state index in [9.17, 15) is 9.59 Å². The SMILES string of the molecule is COc1ccc(NC(=O)C(C)C(=O)NN=Cc2cc(Br)c(OCc3ccccc3)c(OC)c2)cc1. The van der Waals surface area contributed by atoms with E-state index >= 15 is 0 Å². The summed E-state index contributed by atoms with van der Waals surface area (Å²) in [6.07, 6.45) is 1.46. The second kappa shape index (κ2) is 12.6. The van der Waals surface area contributed by atoms with E-state index in [-0.39, 0.29) is 0 Å². The van der Waals surface area contributed by atoms with Gasteiger partial charge in [0.1, 0.15) is 18.3 Å². The summed E-state index contributed by atoms with van der Waals surface area (Å²) < 4.78 is 17.1. The third kappa shape index (κ3) is 7.31. The number of ether oxygens (including phenoxy) is 3. The molecule has 2 amide bonds. The number of hydrazone groups is 1. The second-order valence-corrected chi connectivity index (χ2v) is 8.34. The van der Waals surface area contributed by atoms with Gasteiger partial charge < -0.3 is 19.5 Å². The van der Waals surface area contributed by atoms with Gasteiger partial charge in [-0.25, -0.2) is 5.43 Å². The van der Waals surface area contributed by atoms with Crippen LogP contribution in [-0.2, 0) is 16.2 Å². The van der Waals surface area contributed by atoms with Gasteiger partial charge in [0.05, 0.1) is 24.9 Å². The maximum absolute atomic E-state index is 12.4. The average molecular weight is 540 g/mol. The zero-order valence-electron chi connectivity index (χ0n) is 19.6. The fraction of sp³-hybridized carbons (Fsp3) is 0.192. The molecule has 0 heterocycles. The molecule has 2 N–H and O–H groups in total. The molecule has 0 spiro atoms. The normalized spacial score (nSPS) is 11.5. The Labute approximate surface area is 212 Å². The van der Waals surface area contributed by atoms with E-state index in [0.29, 0.717) is 39.6 Å². The fourth-order valence-electron chi connectivity index (χ4n) is 3.00. The molecule has 1 atom stereocenters. The summed E-state index contributed by atoms with van der Waals surface area (Å²) in [5, 5.41) is 6.67. The highest BCUT2D eigenvalue weighted by atomic mass is 79.9. The van der Waals surface area contributed by atoms with Crippen LogP contribution in [0.1, 0.15) is 18.1 Å². The van der Waals surface area contributed by atoms with Crippen molar-refractivity contribution in [1.29, 1.82) is 0 Å². The zero-order chi connectivity index (χ0) is 25.2. The number of hydrogen-bond acceptors (Lipinski definition) is 6. The molecule has 0 aliphatic rings. The summed E-state index contributed by atoms with van der Waals surface area (Å²) in [6.45, 7) is 1.89. The van der Waals surface area contributed by atoms with Crippen LogP contribution in [0, 0.1) is 5.92 Å². The molecule has 0 fully saturated rings. The van der Waals surface area contributed by atoms with Crippen molar-refractivity contribution < 1.29 is 23.8 Å². The summed E-state index contributed by atoms with van der Waals surface area (Å²) >= 11 is 3.50. The molecular formula is C26H26BrN3O5. The molecule has 0 aliphatic heterocycles.